The van der Waals surface area contributed by atoms with E-state index >= 15 is 0 Å². The Morgan fingerprint density at radius 3 is 2.53 bits per heavy atom. The molecule has 17 heavy (non-hydrogen) atoms. The molecule has 0 saturated heterocycles. The summed E-state index contributed by atoms with van der Waals surface area (Å²) in [7, 11) is 4.28. The van der Waals surface area contributed by atoms with E-state index in [0.29, 0.717) is 5.56 Å². The van der Waals surface area contributed by atoms with Crippen LogP contribution < -0.4 is 11.2 Å². The van der Waals surface area contributed by atoms with Crippen LogP contribution in [0.3, 0.4) is 0 Å². The number of hydrogen-bond acceptors (Lipinski definition) is 4. The van der Waals surface area contributed by atoms with Gasteiger partial charge in [-0.05, 0) is 5.92 Å². The van der Waals surface area contributed by atoms with E-state index in [4.69, 9.17) is 0 Å². The Morgan fingerprint density at radius 2 is 2.00 bits per heavy atom. The Labute approximate surface area is 98.4 Å². The Morgan fingerprint density at radius 1 is 1.41 bits per heavy atom. The lowest BCUT2D eigenvalue weighted by molar-refractivity contribution is -0.140. The second-order valence-corrected chi connectivity index (χ2v) is 4.02. The van der Waals surface area contributed by atoms with Crippen molar-refractivity contribution in [3.8, 4) is 0 Å². The lowest BCUT2D eigenvalue weighted by atomic mass is 10.0. The molecule has 1 atom stereocenters. The minimum atomic E-state index is -0.385. The molecule has 0 aliphatic rings. The molecule has 0 amide bonds. The highest BCUT2D eigenvalue weighted by Crippen LogP contribution is 2.14. The van der Waals surface area contributed by atoms with Crippen LogP contribution >= 0.6 is 0 Å². The van der Waals surface area contributed by atoms with E-state index in [-0.39, 0.29) is 29.6 Å². The van der Waals surface area contributed by atoms with Crippen LogP contribution in [0, 0.1) is 0 Å². The number of carbonyl (C=O) groups is 1. The molecule has 0 aromatic carbocycles. The zero-order valence-corrected chi connectivity index (χ0v) is 10.4. The third-order valence-corrected chi connectivity index (χ3v) is 2.70. The molecule has 0 spiro atoms. The monoisotopic (exact) mass is 240 g/mol. The van der Waals surface area contributed by atoms with Gasteiger partial charge in [0.25, 0.3) is 5.56 Å². The molecular weight excluding hydrogens is 224 g/mol. The maximum Gasteiger partial charge on any atom is 0.330 e. The van der Waals surface area contributed by atoms with Gasteiger partial charge in [-0.25, -0.2) is 4.79 Å². The van der Waals surface area contributed by atoms with E-state index in [1.807, 2.05) is 0 Å². The molecular formula is C11H16N2O4. The van der Waals surface area contributed by atoms with Crippen molar-refractivity contribution in [3.05, 3.63) is 32.6 Å². The van der Waals surface area contributed by atoms with Crippen molar-refractivity contribution in [2.75, 3.05) is 7.11 Å². The van der Waals surface area contributed by atoms with Crippen LogP contribution in [0.5, 0.6) is 0 Å². The van der Waals surface area contributed by atoms with E-state index in [2.05, 4.69) is 4.74 Å². The van der Waals surface area contributed by atoms with Gasteiger partial charge in [-0.3, -0.25) is 14.2 Å². The quantitative estimate of drug-likeness (QED) is 0.683. The van der Waals surface area contributed by atoms with E-state index < -0.39 is 0 Å². The van der Waals surface area contributed by atoms with Crippen LogP contribution in [0.4, 0.5) is 0 Å². The number of methoxy groups -OCH3 is 1. The van der Waals surface area contributed by atoms with E-state index in [0.717, 1.165) is 4.57 Å². The van der Waals surface area contributed by atoms with Gasteiger partial charge in [0.1, 0.15) is 0 Å². The summed E-state index contributed by atoms with van der Waals surface area (Å²) >= 11 is 0. The molecule has 1 aromatic heterocycles. The van der Waals surface area contributed by atoms with Crippen molar-refractivity contribution >= 4 is 5.97 Å². The number of ether oxygens (including phenoxy) is 1. The first kappa shape index (κ1) is 13.2. The standard InChI is InChI=1S/C11H16N2O4/c1-7(5-9(14)17-4)8-6-12(2)11(16)13(3)10(8)15/h6-7H,5H2,1-4H3/t7-/m1/s1. The minimum absolute atomic E-state index is 0.115. The highest BCUT2D eigenvalue weighted by atomic mass is 16.5. The average Bonchev–Trinajstić information content (AvgIpc) is 2.30. The van der Waals surface area contributed by atoms with Crippen molar-refractivity contribution in [1.82, 2.24) is 9.13 Å². The zero-order valence-electron chi connectivity index (χ0n) is 10.4. The number of aryl methyl sites for hydroxylation is 1. The van der Waals surface area contributed by atoms with Crippen LogP contribution in [-0.2, 0) is 23.6 Å². The molecule has 0 aliphatic heterocycles. The molecule has 0 N–H and O–H groups in total. The fraction of sp³-hybridized carbons (Fsp3) is 0.545. The molecule has 1 aromatic rings. The molecule has 0 bridgehead atoms. The molecule has 0 saturated carbocycles. The first-order valence-electron chi connectivity index (χ1n) is 5.21. The molecule has 94 valence electrons. The summed E-state index contributed by atoms with van der Waals surface area (Å²) in [6.07, 6.45) is 1.59. The molecule has 0 fully saturated rings. The predicted octanol–water partition coefficient (Wildman–Crippen LogP) is -0.249. The number of nitrogens with zero attached hydrogens (tertiary/aromatic N) is 2. The largest absolute Gasteiger partial charge is 0.469 e. The maximum absolute atomic E-state index is 11.9. The second kappa shape index (κ2) is 4.99. The van der Waals surface area contributed by atoms with Crippen molar-refractivity contribution in [1.29, 1.82) is 0 Å². The topological polar surface area (TPSA) is 70.3 Å². The lowest BCUT2D eigenvalue weighted by Crippen LogP contribution is -2.39. The second-order valence-electron chi connectivity index (χ2n) is 4.02. The summed E-state index contributed by atoms with van der Waals surface area (Å²) in [6, 6.07) is 0. The zero-order chi connectivity index (χ0) is 13.2. The summed E-state index contributed by atoms with van der Waals surface area (Å²) in [5.74, 6) is -0.665. The Kier molecular flexibility index (Phi) is 3.88. The van der Waals surface area contributed by atoms with E-state index in [1.165, 1.54) is 24.9 Å². The van der Waals surface area contributed by atoms with Gasteiger partial charge in [0.2, 0.25) is 0 Å². The van der Waals surface area contributed by atoms with Crippen LogP contribution in [0.2, 0.25) is 0 Å². The van der Waals surface area contributed by atoms with Crippen LogP contribution in [0.1, 0.15) is 24.8 Å². The van der Waals surface area contributed by atoms with Gasteiger partial charge in [0.15, 0.2) is 0 Å². The molecule has 0 unspecified atom stereocenters. The third kappa shape index (κ3) is 2.64. The predicted molar refractivity (Wildman–Crippen MR) is 62.0 cm³/mol. The van der Waals surface area contributed by atoms with Gasteiger partial charge in [0.05, 0.1) is 13.5 Å². The third-order valence-electron chi connectivity index (χ3n) is 2.70. The summed E-state index contributed by atoms with van der Waals surface area (Å²) in [5, 5.41) is 0. The van der Waals surface area contributed by atoms with E-state index in [9.17, 15) is 14.4 Å². The summed E-state index contributed by atoms with van der Waals surface area (Å²) in [4.78, 5) is 34.5. The number of rotatable bonds is 3. The van der Waals surface area contributed by atoms with Crippen molar-refractivity contribution in [2.24, 2.45) is 14.1 Å². The van der Waals surface area contributed by atoms with Crippen LogP contribution in [0.15, 0.2) is 15.8 Å². The SMILES string of the molecule is COC(=O)C[C@@H](C)c1cn(C)c(=O)n(C)c1=O. The van der Waals surface area contributed by atoms with Gasteiger partial charge in [-0.2, -0.15) is 0 Å². The Hall–Kier alpha value is -1.85. The first-order valence-corrected chi connectivity index (χ1v) is 5.21. The Balaban J connectivity index is 3.20. The number of aromatic nitrogens is 2. The molecule has 0 aliphatic carbocycles. The summed E-state index contributed by atoms with van der Waals surface area (Å²) in [5.41, 5.74) is -0.325. The van der Waals surface area contributed by atoms with Gasteiger partial charge >= 0.3 is 11.7 Å². The summed E-state index contributed by atoms with van der Waals surface area (Å²) < 4.78 is 6.90. The molecule has 6 heteroatoms. The molecule has 0 radical (unpaired) electrons. The number of esters is 1. The van der Waals surface area contributed by atoms with Gasteiger partial charge in [-0.15, -0.1) is 0 Å². The average molecular weight is 240 g/mol. The van der Waals surface area contributed by atoms with Gasteiger partial charge < -0.3 is 9.30 Å². The fourth-order valence-electron chi connectivity index (χ4n) is 1.62. The normalized spacial score (nSPS) is 12.2. The highest BCUT2D eigenvalue weighted by Gasteiger charge is 2.17. The lowest BCUT2D eigenvalue weighted by Gasteiger charge is -2.12. The molecule has 6 nitrogen and oxygen atoms in total. The first-order chi connectivity index (χ1) is 7.88. The van der Waals surface area contributed by atoms with Crippen LogP contribution in [0.25, 0.3) is 0 Å². The van der Waals surface area contributed by atoms with Crippen LogP contribution in [-0.4, -0.2) is 22.2 Å². The molecule has 1 rings (SSSR count). The van der Waals surface area contributed by atoms with E-state index in [1.54, 1.807) is 14.0 Å². The van der Waals surface area contributed by atoms with Gasteiger partial charge in [0, 0.05) is 25.9 Å². The maximum atomic E-state index is 11.9. The minimum Gasteiger partial charge on any atom is -0.469 e. The highest BCUT2D eigenvalue weighted by molar-refractivity contribution is 5.70. The fourth-order valence-corrected chi connectivity index (χ4v) is 1.62. The Bertz CT molecular complexity index is 541. The van der Waals surface area contributed by atoms with Crippen molar-refractivity contribution in [2.45, 2.75) is 19.3 Å². The smallest absolute Gasteiger partial charge is 0.330 e. The number of carbonyl (C=O) groups excluding carboxylic acids is 1. The van der Waals surface area contributed by atoms with Gasteiger partial charge in [-0.1, -0.05) is 6.92 Å². The van der Waals surface area contributed by atoms with Crippen molar-refractivity contribution < 1.29 is 9.53 Å². The number of hydrogen-bond donors (Lipinski definition) is 0. The summed E-state index contributed by atoms with van der Waals surface area (Å²) in [6.45, 7) is 1.75. The molecule has 1 heterocycles. The van der Waals surface area contributed by atoms with Crippen molar-refractivity contribution in [3.63, 3.8) is 0 Å².